The molecule has 1 aliphatic heterocycles. The van der Waals surface area contributed by atoms with Crippen LogP contribution in [0.4, 0.5) is 11.4 Å². The largest absolute Gasteiger partial charge is 0.494 e. The molecule has 1 aliphatic rings. The molecule has 0 saturated carbocycles. The molecular weight excluding hydrogens is 364 g/mol. The number of unbranched alkanes of at least 4 members (excludes halogenated alkanes) is 1. The van der Waals surface area contributed by atoms with Crippen molar-refractivity contribution >= 4 is 29.4 Å². The van der Waals surface area contributed by atoms with Gasteiger partial charge in [0.15, 0.2) is 5.75 Å². The van der Waals surface area contributed by atoms with Crippen LogP contribution in [0.3, 0.4) is 0 Å². The average molecular weight is 382 g/mol. The van der Waals surface area contributed by atoms with Crippen LogP contribution in [0.15, 0.2) is 47.6 Å². The number of methoxy groups -OCH3 is 1. The van der Waals surface area contributed by atoms with Crippen LogP contribution in [-0.2, 0) is 0 Å². The van der Waals surface area contributed by atoms with E-state index in [1.807, 2.05) is 0 Å². The van der Waals surface area contributed by atoms with E-state index in [2.05, 4.69) is 10.5 Å². The number of benzene rings is 2. The van der Waals surface area contributed by atoms with E-state index in [-0.39, 0.29) is 17.5 Å². The van der Waals surface area contributed by atoms with Gasteiger partial charge in [-0.2, -0.15) is 5.10 Å². The number of fused-ring (bicyclic) bond motifs is 1. The summed E-state index contributed by atoms with van der Waals surface area (Å²) in [7, 11) is 1.41. The predicted octanol–water partition coefficient (Wildman–Crippen LogP) is 3.08. The minimum absolute atomic E-state index is 0.0766. The van der Waals surface area contributed by atoms with Gasteiger partial charge in [-0.3, -0.25) is 30.0 Å². The molecule has 0 saturated heterocycles. The molecule has 0 unspecified atom stereocenters. The second kappa shape index (κ2) is 8.30. The van der Waals surface area contributed by atoms with Crippen LogP contribution in [0.1, 0.15) is 33.6 Å². The van der Waals surface area contributed by atoms with Crippen LogP contribution in [0, 0.1) is 10.1 Å². The highest BCUT2D eigenvalue weighted by atomic mass is 16.6. The maximum Gasteiger partial charge on any atom is 0.273 e. The summed E-state index contributed by atoms with van der Waals surface area (Å²) < 4.78 is 5.11. The summed E-state index contributed by atoms with van der Waals surface area (Å²) in [6.45, 7) is 0.305. The number of amides is 2. The highest BCUT2D eigenvalue weighted by molar-refractivity contribution is 6.21. The molecule has 28 heavy (non-hydrogen) atoms. The smallest absolute Gasteiger partial charge is 0.273 e. The number of ether oxygens (including phenoxy) is 1. The molecule has 144 valence electrons. The Kier molecular flexibility index (Phi) is 5.64. The van der Waals surface area contributed by atoms with E-state index < -0.39 is 4.92 Å². The summed E-state index contributed by atoms with van der Waals surface area (Å²) in [6.07, 6.45) is 2.71. The zero-order valence-corrected chi connectivity index (χ0v) is 15.1. The molecule has 0 spiro atoms. The Hall–Kier alpha value is -3.75. The fraction of sp³-hybridized carbons (Fsp3) is 0.211. The number of non-ortho nitro benzene ring substituents is 1. The van der Waals surface area contributed by atoms with Crippen LogP contribution < -0.4 is 10.2 Å². The van der Waals surface area contributed by atoms with E-state index in [9.17, 15) is 19.7 Å². The Morgan fingerprint density at radius 3 is 2.46 bits per heavy atom. The Morgan fingerprint density at radius 2 is 1.86 bits per heavy atom. The lowest BCUT2D eigenvalue weighted by Crippen LogP contribution is -2.30. The summed E-state index contributed by atoms with van der Waals surface area (Å²) in [5, 5.41) is 14.8. The molecule has 0 fully saturated rings. The molecule has 1 N–H and O–H groups in total. The van der Waals surface area contributed by atoms with Gasteiger partial charge >= 0.3 is 0 Å². The van der Waals surface area contributed by atoms with Crippen molar-refractivity contribution < 1.29 is 19.2 Å². The third-order valence-electron chi connectivity index (χ3n) is 4.27. The minimum Gasteiger partial charge on any atom is -0.494 e. The zero-order chi connectivity index (χ0) is 20.1. The van der Waals surface area contributed by atoms with Crippen LogP contribution in [0.2, 0.25) is 0 Å². The number of nitro groups is 1. The topological polar surface area (TPSA) is 114 Å². The zero-order valence-electron chi connectivity index (χ0n) is 15.1. The summed E-state index contributed by atoms with van der Waals surface area (Å²) >= 11 is 0. The van der Waals surface area contributed by atoms with Crippen molar-refractivity contribution in [1.82, 2.24) is 4.90 Å². The first-order chi connectivity index (χ1) is 13.5. The first-order valence-electron chi connectivity index (χ1n) is 8.58. The molecule has 2 amide bonds. The fourth-order valence-electron chi connectivity index (χ4n) is 2.85. The number of hydrogen-bond donors (Lipinski definition) is 1. The Bertz CT molecular complexity index is 922. The van der Waals surface area contributed by atoms with Crippen molar-refractivity contribution in [2.24, 2.45) is 5.10 Å². The number of carbonyl (C=O) groups excluding carboxylic acids is 2. The number of hydrogen-bond acceptors (Lipinski definition) is 7. The fourth-order valence-corrected chi connectivity index (χ4v) is 2.85. The van der Waals surface area contributed by atoms with E-state index in [0.717, 1.165) is 0 Å². The van der Waals surface area contributed by atoms with Crippen molar-refractivity contribution in [1.29, 1.82) is 0 Å². The highest BCUT2D eigenvalue weighted by Gasteiger charge is 2.34. The monoisotopic (exact) mass is 382 g/mol. The summed E-state index contributed by atoms with van der Waals surface area (Å²) in [6, 6.07) is 10.9. The number of hydrazone groups is 1. The van der Waals surface area contributed by atoms with Gasteiger partial charge in [0, 0.05) is 18.8 Å². The predicted molar refractivity (Wildman–Crippen MR) is 103 cm³/mol. The lowest BCUT2D eigenvalue weighted by Gasteiger charge is -2.12. The van der Waals surface area contributed by atoms with Crippen molar-refractivity contribution in [2.45, 2.75) is 12.8 Å². The second-order valence-corrected chi connectivity index (χ2v) is 6.01. The van der Waals surface area contributed by atoms with Crippen molar-refractivity contribution in [2.75, 3.05) is 19.1 Å². The van der Waals surface area contributed by atoms with Gasteiger partial charge in [-0.25, -0.2) is 0 Å². The van der Waals surface area contributed by atoms with Crippen molar-refractivity contribution in [3.63, 3.8) is 0 Å². The Morgan fingerprint density at radius 1 is 1.18 bits per heavy atom. The first kappa shape index (κ1) is 19.0. The van der Waals surface area contributed by atoms with Crippen LogP contribution >= 0.6 is 0 Å². The quantitative estimate of drug-likeness (QED) is 0.247. The number of rotatable bonds is 8. The van der Waals surface area contributed by atoms with Gasteiger partial charge in [-0.15, -0.1) is 0 Å². The molecule has 0 bridgehead atoms. The average Bonchev–Trinajstić information content (AvgIpc) is 2.95. The summed E-state index contributed by atoms with van der Waals surface area (Å²) in [4.78, 5) is 36.0. The van der Waals surface area contributed by atoms with Crippen molar-refractivity contribution in [3.05, 3.63) is 63.7 Å². The third-order valence-corrected chi connectivity index (χ3v) is 4.27. The number of nitro benzene ring substituents is 1. The van der Waals surface area contributed by atoms with Gasteiger partial charge in [0.1, 0.15) is 0 Å². The molecule has 2 aromatic rings. The molecule has 0 aromatic heterocycles. The molecule has 0 atom stereocenters. The molecule has 9 nitrogen and oxygen atoms in total. The second-order valence-electron chi connectivity index (χ2n) is 6.01. The van der Waals surface area contributed by atoms with Crippen LogP contribution in [0.5, 0.6) is 5.75 Å². The molecule has 0 aliphatic carbocycles. The standard InChI is InChI=1S/C19H18N4O5/c1-28-17-12-13(23(26)27)8-9-16(17)21-20-10-4-5-11-22-18(24)14-6-2-3-7-15(14)19(22)25/h2-3,6-10,12,21H,4-5,11H2,1H3/b20-10+. The minimum atomic E-state index is -0.505. The van der Waals surface area contributed by atoms with Crippen LogP contribution in [-0.4, -0.2) is 41.5 Å². The number of nitrogens with one attached hydrogen (secondary N) is 1. The SMILES string of the molecule is COc1cc([N+](=O)[O-])ccc1N/N=C/CCCN1C(=O)c2ccccc2C1=O. The van der Waals surface area contributed by atoms with Gasteiger partial charge in [0.05, 0.1) is 34.9 Å². The first-order valence-corrected chi connectivity index (χ1v) is 8.58. The molecular formula is C19H18N4O5. The van der Waals surface area contributed by atoms with Gasteiger partial charge in [0.25, 0.3) is 17.5 Å². The molecule has 3 rings (SSSR count). The van der Waals surface area contributed by atoms with E-state index in [0.29, 0.717) is 42.0 Å². The maximum atomic E-state index is 12.3. The number of imide groups is 1. The van der Waals surface area contributed by atoms with Gasteiger partial charge in [-0.05, 0) is 31.0 Å². The molecule has 9 heteroatoms. The molecule has 0 radical (unpaired) electrons. The van der Waals surface area contributed by atoms with E-state index in [1.165, 1.54) is 30.2 Å². The Labute approximate surface area is 160 Å². The number of nitrogens with zero attached hydrogens (tertiary/aromatic N) is 3. The van der Waals surface area contributed by atoms with Crippen molar-refractivity contribution in [3.8, 4) is 5.75 Å². The molecule has 2 aromatic carbocycles. The lowest BCUT2D eigenvalue weighted by molar-refractivity contribution is -0.384. The van der Waals surface area contributed by atoms with E-state index in [4.69, 9.17) is 4.74 Å². The van der Waals surface area contributed by atoms with Gasteiger partial charge < -0.3 is 4.74 Å². The Balaban J connectivity index is 1.50. The summed E-state index contributed by atoms with van der Waals surface area (Å²) in [5.74, 6) is -0.241. The van der Waals surface area contributed by atoms with E-state index in [1.54, 1.807) is 30.5 Å². The molecule has 1 heterocycles. The third kappa shape index (κ3) is 3.83. The summed E-state index contributed by atoms with van der Waals surface area (Å²) in [5.41, 5.74) is 4.05. The number of anilines is 1. The number of carbonyl (C=O) groups is 2. The lowest BCUT2D eigenvalue weighted by atomic mass is 10.1. The maximum absolute atomic E-state index is 12.3. The van der Waals surface area contributed by atoms with Crippen LogP contribution in [0.25, 0.3) is 0 Å². The van der Waals surface area contributed by atoms with Gasteiger partial charge in [-0.1, -0.05) is 12.1 Å². The van der Waals surface area contributed by atoms with E-state index >= 15 is 0 Å². The van der Waals surface area contributed by atoms with Gasteiger partial charge in [0.2, 0.25) is 0 Å². The normalized spacial score (nSPS) is 13.1. The highest BCUT2D eigenvalue weighted by Crippen LogP contribution is 2.29.